The molecule has 0 atom stereocenters. The number of carbonyl (C=O) groups excluding carboxylic acids is 1. The predicted molar refractivity (Wildman–Crippen MR) is 164 cm³/mol. The van der Waals surface area contributed by atoms with Crippen molar-refractivity contribution in [1.29, 1.82) is 0 Å². The van der Waals surface area contributed by atoms with E-state index in [0.717, 1.165) is 22.0 Å². The van der Waals surface area contributed by atoms with Crippen molar-refractivity contribution < 1.29 is 43.7 Å². The first-order valence-electron chi connectivity index (χ1n) is 13.0. The monoisotopic (exact) mass is 670 g/mol. The fourth-order valence-electron chi connectivity index (χ4n) is 5.02. The molecule has 3 N–H and O–H groups in total. The number of rotatable bonds is 10. The highest BCUT2D eigenvalue weighted by atomic mass is 32.2. The van der Waals surface area contributed by atoms with Gasteiger partial charge in [-0.3, -0.25) is 13.9 Å². The fraction of sp³-hybridized carbons (Fsp3) is 0.333. The lowest BCUT2D eigenvalue weighted by Crippen LogP contribution is -2.45. The summed E-state index contributed by atoms with van der Waals surface area (Å²) in [6.45, 7) is 5.24. The first kappa shape index (κ1) is 32.8. The summed E-state index contributed by atoms with van der Waals surface area (Å²) in [6.07, 6.45) is 5.11. The first-order valence-corrected chi connectivity index (χ1v) is 18.8. The lowest BCUT2D eigenvalue weighted by Gasteiger charge is -2.27. The van der Waals surface area contributed by atoms with E-state index < -0.39 is 47.3 Å². The Labute approximate surface area is 254 Å². The molecule has 0 fully saturated rings. The van der Waals surface area contributed by atoms with E-state index in [0.29, 0.717) is 28.4 Å². The Bertz CT molecular complexity index is 1990. The highest BCUT2D eigenvalue weighted by Crippen LogP contribution is 2.49. The number of allylic oxidation sites excluding steroid dienone is 3. The average molecular weight is 671 g/mol. The third-order valence-electron chi connectivity index (χ3n) is 7.01. The van der Waals surface area contributed by atoms with Crippen LogP contribution in [0.1, 0.15) is 37.8 Å². The number of fused-ring (bicyclic) bond motifs is 2. The molecule has 0 unspecified atom stereocenters. The Kier molecular flexibility index (Phi) is 8.94. The Morgan fingerprint density at radius 3 is 2.35 bits per heavy atom. The molecule has 0 aliphatic carbocycles. The normalized spacial score (nSPS) is 16.6. The van der Waals surface area contributed by atoms with E-state index >= 15 is 0 Å². The van der Waals surface area contributed by atoms with Crippen molar-refractivity contribution in [2.75, 3.05) is 23.5 Å². The molecule has 43 heavy (non-hydrogen) atoms. The minimum absolute atomic E-state index is 0.193. The molecule has 0 spiro atoms. The molecule has 0 saturated carbocycles. The van der Waals surface area contributed by atoms with Gasteiger partial charge in [0, 0.05) is 35.5 Å². The standard InChI is InChI=1S/C27H31N3O9S4/c1-5-18(15-26-30(17-25(31)28-41(4,32)33)21-8-6-7-9-23(21)40-26)14-24-27(2,3)20-11-10-19(43(37,38)39)16-22(20)29(24)12-13-42(34,35)36/h6-11,14-16H,5,12-13,17H2,1-4H3,(H2-,28,31,34,35,36,37,38,39)/p+1. The van der Waals surface area contributed by atoms with Crippen LogP contribution >= 0.6 is 11.3 Å². The Balaban J connectivity index is 1.87. The summed E-state index contributed by atoms with van der Waals surface area (Å²) >= 11 is 1.40. The van der Waals surface area contributed by atoms with E-state index in [2.05, 4.69) is 0 Å². The quantitative estimate of drug-likeness (QED) is 0.215. The minimum Gasteiger partial charge on any atom is -0.343 e. The van der Waals surface area contributed by atoms with Gasteiger partial charge in [-0.2, -0.15) is 21.4 Å². The number of sulfonamides is 1. The highest BCUT2D eigenvalue weighted by molar-refractivity contribution is 7.89. The summed E-state index contributed by atoms with van der Waals surface area (Å²) in [6, 6.07) is 11.5. The molecule has 1 aliphatic heterocycles. The number of benzene rings is 2. The van der Waals surface area contributed by atoms with Crippen molar-refractivity contribution in [3.8, 4) is 0 Å². The summed E-state index contributed by atoms with van der Waals surface area (Å²) < 4.78 is 94.2. The second-order valence-corrected chi connectivity index (χ2v) is 16.4. The molecule has 2 heterocycles. The number of para-hydroxylation sites is 1. The van der Waals surface area contributed by atoms with Crippen molar-refractivity contribution >= 4 is 69.5 Å². The van der Waals surface area contributed by atoms with Crippen LogP contribution in [0.2, 0.25) is 0 Å². The topological polar surface area (TPSA) is 179 Å². The van der Waals surface area contributed by atoms with Gasteiger partial charge < -0.3 is 4.90 Å². The number of carbonyl (C=O) groups is 1. The Morgan fingerprint density at radius 2 is 1.74 bits per heavy atom. The molecule has 16 heteroatoms. The number of anilines is 1. The third-order valence-corrected chi connectivity index (χ3v) is 10.3. The van der Waals surface area contributed by atoms with Crippen LogP contribution in [0.4, 0.5) is 5.69 Å². The van der Waals surface area contributed by atoms with E-state index in [-0.39, 0.29) is 18.0 Å². The summed E-state index contributed by atoms with van der Waals surface area (Å²) in [4.78, 5) is 13.8. The minimum atomic E-state index is -4.55. The highest BCUT2D eigenvalue weighted by Gasteiger charge is 2.41. The molecule has 1 aromatic heterocycles. The molecule has 1 amide bonds. The number of hydrogen-bond donors (Lipinski definition) is 3. The maximum absolute atomic E-state index is 12.6. The van der Waals surface area contributed by atoms with Crippen LogP contribution in [0.3, 0.4) is 0 Å². The molecular formula is C27H32N3O9S4+. The summed E-state index contributed by atoms with van der Waals surface area (Å²) in [5.41, 5.74) is 2.44. The van der Waals surface area contributed by atoms with Gasteiger partial charge in [0.05, 0.1) is 16.9 Å². The number of amides is 1. The van der Waals surface area contributed by atoms with Gasteiger partial charge in [-0.1, -0.05) is 50.3 Å². The van der Waals surface area contributed by atoms with Crippen molar-refractivity contribution in [3.05, 3.63) is 70.4 Å². The van der Waals surface area contributed by atoms with Crippen molar-refractivity contribution in [2.45, 2.75) is 44.0 Å². The Hall–Kier alpha value is -3.15. The number of aromatic nitrogens is 1. The largest absolute Gasteiger partial charge is 0.343 e. The van der Waals surface area contributed by atoms with Gasteiger partial charge in [-0.15, -0.1) is 0 Å². The summed E-state index contributed by atoms with van der Waals surface area (Å²) in [5.74, 6) is -1.34. The van der Waals surface area contributed by atoms with E-state index in [1.54, 1.807) is 15.5 Å². The van der Waals surface area contributed by atoms with Crippen molar-refractivity contribution in [3.63, 3.8) is 0 Å². The average Bonchev–Trinajstić information content (AvgIpc) is 3.31. The third kappa shape index (κ3) is 7.50. The zero-order valence-electron chi connectivity index (χ0n) is 23.8. The van der Waals surface area contributed by atoms with Crippen LogP contribution in [0, 0.1) is 0 Å². The fourth-order valence-corrected chi connectivity index (χ4v) is 7.55. The molecule has 4 rings (SSSR count). The van der Waals surface area contributed by atoms with Crippen LogP contribution in [0.5, 0.6) is 0 Å². The molecule has 2 aromatic carbocycles. The van der Waals surface area contributed by atoms with Crippen LogP contribution in [0.15, 0.2) is 64.7 Å². The Morgan fingerprint density at radius 1 is 1.07 bits per heavy atom. The number of hydrogen-bond acceptors (Lipinski definition) is 9. The predicted octanol–water partition coefficient (Wildman–Crippen LogP) is 2.87. The number of nitrogens with zero attached hydrogens (tertiary/aromatic N) is 2. The molecule has 0 saturated heterocycles. The maximum Gasteiger partial charge on any atom is 0.299 e. The lowest BCUT2D eigenvalue weighted by atomic mass is 9.83. The van der Waals surface area contributed by atoms with Crippen LogP contribution in [-0.2, 0) is 47.0 Å². The molecule has 0 bridgehead atoms. The maximum atomic E-state index is 12.6. The zero-order valence-corrected chi connectivity index (χ0v) is 27.1. The van der Waals surface area contributed by atoms with Gasteiger partial charge in [-0.25, -0.2) is 13.1 Å². The molecular weight excluding hydrogens is 639 g/mol. The van der Waals surface area contributed by atoms with Crippen LogP contribution in [0.25, 0.3) is 16.3 Å². The van der Waals surface area contributed by atoms with E-state index in [4.69, 9.17) is 0 Å². The molecule has 0 radical (unpaired) electrons. The van der Waals surface area contributed by atoms with Gasteiger partial charge in [-0.05, 0) is 41.8 Å². The lowest BCUT2D eigenvalue weighted by molar-refractivity contribution is -0.655. The second-order valence-electron chi connectivity index (χ2n) is 10.6. The number of thiazole rings is 1. The van der Waals surface area contributed by atoms with E-state index in [9.17, 15) is 39.2 Å². The van der Waals surface area contributed by atoms with E-state index in [1.807, 2.05) is 61.9 Å². The van der Waals surface area contributed by atoms with Crippen LogP contribution < -0.4 is 14.2 Å². The molecule has 1 aliphatic rings. The van der Waals surface area contributed by atoms with Gasteiger partial charge in [0.2, 0.25) is 22.1 Å². The SMILES string of the molecule is CCC(=C\c1sc2ccccc2[n+]1CC(=O)NS(C)(=O)=O)/C=C1/N(CCS(=O)(=O)O)c2cc(S(=O)(=O)O)ccc2C1(C)C. The second kappa shape index (κ2) is 11.7. The summed E-state index contributed by atoms with van der Waals surface area (Å²) in [7, 11) is -12.7. The van der Waals surface area contributed by atoms with E-state index in [1.165, 1.54) is 23.5 Å². The first-order chi connectivity index (χ1) is 19.8. The van der Waals surface area contributed by atoms with Crippen molar-refractivity contribution in [1.82, 2.24) is 4.72 Å². The van der Waals surface area contributed by atoms with Crippen LogP contribution in [-0.4, -0.2) is 58.8 Å². The molecule has 12 nitrogen and oxygen atoms in total. The smallest absolute Gasteiger partial charge is 0.299 e. The zero-order chi connectivity index (χ0) is 32.0. The summed E-state index contributed by atoms with van der Waals surface area (Å²) in [5, 5.41) is 0.657. The van der Waals surface area contributed by atoms with Gasteiger partial charge in [0.15, 0.2) is 0 Å². The van der Waals surface area contributed by atoms with Gasteiger partial charge in [0.25, 0.3) is 31.2 Å². The molecule has 3 aromatic rings. The molecule has 232 valence electrons. The van der Waals surface area contributed by atoms with Crippen molar-refractivity contribution in [2.24, 2.45) is 0 Å². The van der Waals surface area contributed by atoms with Gasteiger partial charge in [0.1, 0.15) is 4.70 Å². The van der Waals surface area contributed by atoms with Gasteiger partial charge >= 0.3 is 0 Å². The number of nitrogens with one attached hydrogen (secondary N) is 1.